The van der Waals surface area contributed by atoms with Gasteiger partial charge in [0.1, 0.15) is 5.03 Å². The van der Waals surface area contributed by atoms with Gasteiger partial charge >= 0.3 is 0 Å². The van der Waals surface area contributed by atoms with Crippen molar-refractivity contribution in [1.29, 1.82) is 0 Å². The summed E-state index contributed by atoms with van der Waals surface area (Å²) < 4.78 is 1.25. The standard InChI is InChI=1S/C8H7IN2S/c1-12-8-6-4-5(9)2-3-7(6)10-11-8/h2-4H,1H3,(H,10,11). The number of nitrogens with zero attached hydrogens (tertiary/aromatic N) is 1. The van der Waals surface area contributed by atoms with Crippen LogP contribution in [0.5, 0.6) is 0 Å². The molecule has 0 fully saturated rings. The summed E-state index contributed by atoms with van der Waals surface area (Å²) in [5.41, 5.74) is 1.11. The normalized spacial score (nSPS) is 10.8. The second kappa shape index (κ2) is 3.26. The van der Waals surface area contributed by atoms with Crippen LogP contribution in [-0.2, 0) is 0 Å². The molecule has 0 atom stereocenters. The average Bonchev–Trinajstić information content (AvgIpc) is 2.46. The maximum absolute atomic E-state index is 4.19. The Morgan fingerprint density at radius 1 is 1.50 bits per heavy atom. The third-order valence-corrected chi connectivity index (χ3v) is 3.05. The summed E-state index contributed by atoms with van der Waals surface area (Å²) in [5, 5.41) is 9.47. The van der Waals surface area contributed by atoms with Crippen molar-refractivity contribution >= 4 is 45.3 Å². The van der Waals surface area contributed by atoms with Crippen LogP contribution in [0.25, 0.3) is 10.9 Å². The van der Waals surface area contributed by atoms with Crippen LogP contribution in [0.4, 0.5) is 0 Å². The van der Waals surface area contributed by atoms with Crippen LogP contribution in [0.15, 0.2) is 23.2 Å². The van der Waals surface area contributed by atoms with Crippen LogP contribution in [-0.4, -0.2) is 16.5 Å². The minimum atomic E-state index is 1.07. The van der Waals surface area contributed by atoms with Crippen molar-refractivity contribution in [3.05, 3.63) is 21.8 Å². The van der Waals surface area contributed by atoms with E-state index in [9.17, 15) is 0 Å². The zero-order valence-electron chi connectivity index (χ0n) is 6.47. The Balaban J connectivity index is 2.75. The Bertz CT molecular complexity index is 410. The number of rotatable bonds is 1. The first kappa shape index (κ1) is 8.37. The lowest BCUT2D eigenvalue weighted by Crippen LogP contribution is -1.71. The van der Waals surface area contributed by atoms with Crippen LogP contribution in [0.3, 0.4) is 0 Å². The van der Waals surface area contributed by atoms with Gasteiger partial charge in [-0.15, -0.1) is 11.8 Å². The second-order valence-corrected chi connectivity index (χ2v) is 4.46. The summed E-state index contributed by atoms with van der Waals surface area (Å²) in [6, 6.07) is 6.28. The number of nitrogens with one attached hydrogen (secondary N) is 1. The highest BCUT2D eigenvalue weighted by atomic mass is 127. The highest BCUT2D eigenvalue weighted by Gasteiger charge is 2.03. The summed E-state index contributed by atoms with van der Waals surface area (Å²) in [5.74, 6) is 0. The van der Waals surface area contributed by atoms with Gasteiger partial charge in [-0.3, -0.25) is 5.10 Å². The minimum Gasteiger partial charge on any atom is -0.277 e. The average molecular weight is 290 g/mol. The summed E-state index contributed by atoms with van der Waals surface area (Å²) >= 11 is 3.98. The molecule has 0 spiro atoms. The van der Waals surface area contributed by atoms with Gasteiger partial charge in [-0.25, -0.2) is 0 Å². The van der Waals surface area contributed by atoms with Crippen molar-refractivity contribution in [3.8, 4) is 0 Å². The lowest BCUT2D eigenvalue weighted by atomic mass is 10.3. The van der Waals surface area contributed by atoms with Crippen LogP contribution >= 0.6 is 34.4 Å². The summed E-state index contributed by atoms with van der Waals surface area (Å²) in [7, 11) is 0. The van der Waals surface area contributed by atoms with E-state index in [-0.39, 0.29) is 0 Å². The molecule has 0 aliphatic heterocycles. The molecule has 0 radical (unpaired) electrons. The molecule has 0 saturated carbocycles. The van der Waals surface area contributed by atoms with Crippen molar-refractivity contribution in [2.75, 3.05) is 6.26 Å². The number of H-pyrrole nitrogens is 1. The van der Waals surface area contributed by atoms with Gasteiger partial charge in [0, 0.05) is 8.96 Å². The van der Waals surface area contributed by atoms with Crippen molar-refractivity contribution in [1.82, 2.24) is 10.2 Å². The third kappa shape index (κ3) is 1.33. The molecule has 0 bridgehead atoms. The maximum Gasteiger partial charge on any atom is 0.126 e. The fraction of sp³-hybridized carbons (Fsp3) is 0.125. The molecule has 0 amide bonds. The van der Waals surface area contributed by atoms with Crippen LogP contribution in [0.2, 0.25) is 0 Å². The highest BCUT2D eigenvalue weighted by Crippen LogP contribution is 2.24. The fourth-order valence-electron chi connectivity index (χ4n) is 1.12. The summed E-state index contributed by atoms with van der Waals surface area (Å²) in [6.45, 7) is 0. The molecule has 2 aromatic rings. The second-order valence-electron chi connectivity index (χ2n) is 2.42. The molecule has 2 nitrogen and oxygen atoms in total. The number of benzene rings is 1. The lowest BCUT2D eigenvalue weighted by molar-refractivity contribution is 1.03. The SMILES string of the molecule is CSc1n[nH]c2ccc(I)cc12. The highest BCUT2D eigenvalue weighted by molar-refractivity contribution is 14.1. The van der Waals surface area contributed by atoms with Gasteiger partial charge in [-0.2, -0.15) is 5.10 Å². The molecule has 2 rings (SSSR count). The van der Waals surface area contributed by atoms with E-state index in [2.05, 4.69) is 51.0 Å². The molecule has 1 N–H and O–H groups in total. The van der Waals surface area contributed by atoms with Gasteiger partial charge in [0.05, 0.1) is 5.52 Å². The van der Waals surface area contributed by atoms with Gasteiger partial charge in [-0.1, -0.05) is 0 Å². The Morgan fingerprint density at radius 2 is 2.33 bits per heavy atom. The molecule has 62 valence electrons. The van der Waals surface area contributed by atoms with Crippen molar-refractivity contribution in [2.45, 2.75) is 5.03 Å². The zero-order chi connectivity index (χ0) is 8.55. The molecule has 0 saturated heterocycles. The number of aromatic nitrogens is 2. The number of halogens is 1. The van der Waals surface area contributed by atoms with Gasteiger partial charge in [0.15, 0.2) is 0 Å². The number of fused-ring (bicyclic) bond motifs is 1. The van der Waals surface area contributed by atoms with E-state index >= 15 is 0 Å². The van der Waals surface area contributed by atoms with E-state index < -0.39 is 0 Å². The topological polar surface area (TPSA) is 28.7 Å². The van der Waals surface area contributed by atoms with Crippen LogP contribution in [0, 0.1) is 3.57 Å². The van der Waals surface area contributed by atoms with E-state index in [1.54, 1.807) is 11.8 Å². The van der Waals surface area contributed by atoms with E-state index in [4.69, 9.17) is 0 Å². The van der Waals surface area contributed by atoms with Crippen molar-refractivity contribution in [2.24, 2.45) is 0 Å². The minimum absolute atomic E-state index is 1.07. The molecular weight excluding hydrogens is 283 g/mol. The van der Waals surface area contributed by atoms with Gasteiger partial charge in [-0.05, 0) is 47.0 Å². The molecule has 12 heavy (non-hydrogen) atoms. The van der Waals surface area contributed by atoms with Gasteiger partial charge in [0.2, 0.25) is 0 Å². The molecule has 0 unspecified atom stereocenters. The Kier molecular flexibility index (Phi) is 2.27. The van der Waals surface area contributed by atoms with E-state index in [1.165, 1.54) is 8.96 Å². The van der Waals surface area contributed by atoms with E-state index in [0.717, 1.165) is 10.5 Å². The van der Waals surface area contributed by atoms with E-state index in [1.807, 2.05) is 6.26 Å². The fourth-order valence-corrected chi connectivity index (χ4v) is 2.13. The van der Waals surface area contributed by atoms with Gasteiger partial charge < -0.3 is 0 Å². The molecule has 0 aliphatic rings. The molecule has 1 aromatic carbocycles. The first-order valence-electron chi connectivity index (χ1n) is 3.49. The number of hydrogen-bond acceptors (Lipinski definition) is 2. The van der Waals surface area contributed by atoms with Crippen LogP contribution in [0.1, 0.15) is 0 Å². The van der Waals surface area contributed by atoms with Crippen molar-refractivity contribution in [3.63, 3.8) is 0 Å². The number of thioether (sulfide) groups is 1. The molecule has 1 heterocycles. The molecule has 1 aromatic heterocycles. The van der Waals surface area contributed by atoms with Gasteiger partial charge in [0.25, 0.3) is 0 Å². The predicted octanol–water partition coefficient (Wildman–Crippen LogP) is 2.89. The lowest BCUT2D eigenvalue weighted by Gasteiger charge is -1.91. The Labute approximate surface area is 88.3 Å². The summed E-state index contributed by atoms with van der Waals surface area (Å²) in [6.07, 6.45) is 2.04. The zero-order valence-corrected chi connectivity index (χ0v) is 9.44. The first-order valence-corrected chi connectivity index (χ1v) is 5.79. The number of aromatic amines is 1. The summed E-state index contributed by atoms with van der Waals surface area (Å²) in [4.78, 5) is 0. The monoisotopic (exact) mass is 290 g/mol. The Morgan fingerprint density at radius 3 is 3.08 bits per heavy atom. The van der Waals surface area contributed by atoms with Crippen molar-refractivity contribution < 1.29 is 0 Å². The molecule has 0 aliphatic carbocycles. The van der Waals surface area contributed by atoms with E-state index in [0.29, 0.717) is 0 Å². The third-order valence-electron chi connectivity index (χ3n) is 1.68. The molecule has 4 heteroatoms. The molecular formula is C8H7IN2S. The predicted molar refractivity (Wildman–Crippen MR) is 60.6 cm³/mol. The smallest absolute Gasteiger partial charge is 0.126 e. The van der Waals surface area contributed by atoms with Crippen LogP contribution < -0.4 is 0 Å². The number of hydrogen-bond donors (Lipinski definition) is 1. The quantitative estimate of drug-likeness (QED) is 0.646. The maximum atomic E-state index is 4.19. The Hall–Kier alpha value is -0.230. The largest absolute Gasteiger partial charge is 0.277 e. The first-order chi connectivity index (χ1) is 5.81.